The molecule has 0 aromatic carbocycles. The van der Waals surface area contributed by atoms with Crippen LogP contribution in [0.25, 0.3) is 0 Å². The summed E-state index contributed by atoms with van der Waals surface area (Å²) < 4.78 is 44.8. The lowest BCUT2D eigenvalue weighted by molar-refractivity contribution is -0.248. The molecule has 0 aromatic rings. The van der Waals surface area contributed by atoms with Crippen molar-refractivity contribution in [3.05, 3.63) is 23.8 Å². The Morgan fingerprint density at radius 2 is 1.91 bits per heavy atom. The van der Waals surface area contributed by atoms with E-state index in [2.05, 4.69) is 0 Å². The number of aliphatic hydroxyl groups excluding tert-OH is 2. The van der Waals surface area contributed by atoms with Crippen molar-refractivity contribution in [2.24, 2.45) is 22.7 Å². The van der Waals surface area contributed by atoms with Crippen LogP contribution in [0.15, 0.2) is 23.8 Å². The first kappa shape index (κ1) is 22.3. The molecule has 1 aliphatic heterocycles. The Hall–Kier alpha value is -1.48. The van der Waals surface area contributed by atoms with Gasteiger partial charge in [0.15, 0.2) is 28.6 Å². The van der Waals surface area contributed by atoms with Gasteiger partial charge in [-0.15, -0.1) is 0 Å². The standard InChI is InChI=1S/C24H30F2O6/c1-20(2)31-19-9-13-14-8-16(25)15-7-12(28)5-6-21(15,3)23(14,26)17(29)10-22(13,4)24(19,32-20)18(30)11-27/h5-7,13-14,16-17,19,27,29H,8-11H2,1-4H3/t13-,14-,16-,17+,19-,21+,22-,23-,24+/m0/s1. The molecule has 0 amide bonds. The van der Waals surface area contributed by atoms with Crippen molar-refractivity contribution in [2.45, 2.75) is 82.4 Å². The van der Waals surface area contributed by atoms with Gasteiger partial charge in [0, 0.05) is 16.7 Å². The first-order valence-electron chi connectivity index (χ1n) is 11.3. The Kier molecular flexibility index (Phi) is 4.42. The second-order valence-electron chi connectivity index (χ2n) is 11.0. The summed E-state index contributed by atoms with van der Waals surface area (Å²) >= 11 is 0. The number of halogens is 2. The number of hydrogen-bond donors (Lipinski definition) is 2. The molecule has 0 aromatic heterocycles. The molecule has 4 fully saturated rings. The number of ether oxygens (including phenoxy) is 2. The molecule has 0 bridgehead atoms. The smallest absolute Gasteiger partial charge is 0.193 e. The van der Waals surface area contributed by atoms with Crippen LogP contribution in [0.2, 0.25) is 0 Å². The van der Waals surface area contributed by atoms with E-state index in [4.69, 9.17) is 9.47 Å². The van der Waals surface area contributed by atoms with Crippen molar-refractivity contribution in [2.75, 3.05) is 6.61 Å². The van der Waals surface area contributed by atoms with Gasteiger partial charge in [0.1, 0.15) is 12.8 Å². The van der Waals surface area contributed by atoms with Gasteiger partial charge in [0.05, 0.1) is 12.2 Å². The minimum Gasteiger partial charge on any atom is -0.390 e. The van der Waals surface area contributed by atoms with Gasteiger partial charge in [-0.05, 0) is 63.7 Å². The van der Waals surface area contributed by atoms with Crippen LogP contribution >= 0.6 is 0 Å². The third kappa shape index (κ3) is 2.32. The van der Waals surface area contributed by atoms with E-state index in [-0.39, 0.29) is 24.8 Å². The predicted octanol–water partition coefficient (Wildman–Crippen LogP) is 2.37. The van der Waals surface area contributed by atoms with Gasteiger partial charge in [-0.1, -0.05) is 13.0 Å². The molecular weight excluding hydrogens is 422 g/mol. The molecule has 5 rings (SSSR count). The van der Waals surface area contributed by atoms with Crippen molar-refractivity contribution >= 4 is 11.6 Å². The molecule has 176 valence electrons. The van der Waals surface area contributed by atoms with Crippen molar-refractivity contribution in [1.29, 1.82) is 0 Å². The van der Waals surface area contributed by atoms with Crippen LogP contribution in [0.3, 0.4) is 0 Å². The zero-order valence-corrected chi connectivity index (χ0v) is 18.7. The number of carbonyl (C=O) groups excluding carboxylic acids is 2. The summed E-state index contributed by atoms with van der Waals surface area (Å²) in [5.74, 6) is -3.53. The third-order valence-corrected chi connectivity index (χ3v) is 9.18. The molecule has 3 saturated carbocycles. The first-order valence-corrected chi connectivity index (χ1v) is 11.3. The Morgan fingerprint density at radius 1 is 1.22 bits per heavy atom. The SMILES string of the molecule is CC1(C)O[C@H]2C[C@H]3[C@@H]4C[C@H](F)C5=CC(=O)C=C[C@@]5(C)[C@@]4(F)[C@H](O)C[C@]3(C)[C@]2(C(=O)CO)O1. The zero-order valence-electron chi connectivity index (χ0n) is 18.7. The van der Waals surface area contributed by atoms with Crippen LogP contribution in [-0.4, -0.2) is 63.8 Å². The summed E-state index contributed by atoms with van der Waals surface area (Å²) in [6.07, 6.45) is -0.151. The van der Waals surface area contributed by atoms with E-state index in [1.165, 1.54) is 19.1 Å². The van der Waals surface area contributed by atoms with E-state index in [0.29, 0.717) is 0 Å². The number of carbonyl (C=O) groups is 2. The number of allylic oxidation sites excluding steroid dienone is 4. The predicted molar refractivity (Wildman–Crippen MR) is 109 cm³/mol. The van der Waals surface area contributed by atoms with Crippen molar-refractivity contribution < 1.29 is 38.1 Å². The molecule has 4 aliphatic carbocycles. The Balaban J connectivity index is 1.66. The zero-order chi connectivity index (χ0) is 23.5. The summed E-state index contributed by atoms with van der Waals surface area (Å²) in [7, 11) is 0. The number of fused-ring (bicyclic) bond motifs is 7. The number of ketones is 2. The minimum absolute atomic E-state index is 0.0550. The summed E-state index contributed by atoms with van der Waals surface area (Å²) in [4.78, 5) is 25.1. The summed E-state index contributed by atoms with van der Waals surface area (Å²) in [5.41, 5.74) is -6.30. The highest BCUT2D eigenvalue weighted by Gasteiger charge is 2.80. The van der Waals surface area contributed by atoms with Gasteiger partial charge in [-0.2, -0.15) is 0 Å². The highest BCUT2D eigenvalue weighted by atomic mass is 19.1. The molecule has 1 saturated heterocycles. The second kappa shape index (κ2) is 6.34. The lowest BCUT2D eigenvalue weighted by Gasteiger charge is -2.63. The molecule has 6 nitrogen and oxygen atoms in total. The van der Waals surface area contributed by atoms with Gasteiger partial charge in [0.2, 0.25) is 0 Å². The van der Waals surface area contributed by atoms with E-state index in [1.807, 2.05) is 0 Å². The molecule has 8 heteroatoms. The maximum atomic E-state index is 17.1. The number of hydrogen-bond acceptors (Lipinski definition) is 6. The van der Waals surface area contributed by atoms with E-state index in [1.54, 1.807) is 20.8 Å². The number of rotatable bonds is 2. The van der Waals surface area contributed by atoms with Crippen LogP contribution in [0.4, 0.5) is 8.78 Å². The topological polar surface area (TPSA) is 93.1 Å². The van der Waals surface area contributed by atoms with Gasteiger partial charge >= 0.3 is 0 Å². The molecule has 9 atom stereocenters. The van der Waals surface area contributed by atoms with Crippen LogP contribution in [0.5, 0.6) is 0 Å². The molecule has 32 heavy (non-hydrogen) atoms. The van der Waals surface area contributed by atoms with Crippen molar-refractivity contribution in [1.82, 2.24) is 0 Å². The number of alkyl halides is 2. The third-order valence-electron chi connectivity index (χ3n) is 9.18. The average Bonchev–Trinajstić information content (AvgIpc) is 3.11. The Morgan fingerprint density at radius 3 is 2.56 bits per heavy atom. The molecule has 1 heterocycles. The maximum absolute atomic E-state index is 17.1. The normalized spacial score (nSPS) is 53.2. The number of Topliss-reactive ketones (excluding diaryl/α,β-unsaturated/α-hetero) is 1. The van der Waals surface area contributed by atoms with Crippen LogP contribution in [0, 0.1) is 22.7 Å². The van der Waals surface area contributed by atoms with E-state index in [0.717, 1.165) is 6.08 Å². The van der Waals surface area contributed by atoms with Crippen molar-refractivity contribution in [3.63, 3.8) is 0 Å². The number of aliphatic hydroxyl groups is 2. The minimum atomic E-state index is -2.24. The van der Waals surface area contributed by atoms with Crippen LogP contribution < -0.4 is 0 Å². The van der Waals surface area contributed by atoms with Gasteiger partial charge in [-0.25, -0.2) is 8.78 Å². The van der Waals surface area contributed by atoms with Crippen LogP contribution in [0.1, 0.15) is 47.0 Å². The molecule has 2 N–H and O–H groups in total. The highest BCUT2D eigenvalue weighted by molar-refractivity contribution is 6.01. The average molecular weight is 452 g/mol. The first-order chi connectivity index (χ1) is 14.8. The molecule has 0 spiro atoms. The van der Waals surface area contributed by atoms with Gasteiger partial charge < -0.3 is 19.7 Å². The maximum Gasteiger partial charge on any atom is 0.193 e. The fourth-order valence-corrected chi connectivity index (χ4v) is 7.92. The Bertz CT molecular complexity index is 960. The molecule has 0 unspecified atom stereocenters. The van der Waals surface area contributed by atoms with E-state index in [9.17, 15) is 19.8 Å². The van der Waals surface area contributed by atoms with Gasteiger partial charge in [0.25, 0.3) is 0 Å². The quantitative estimate of drug-likeness (QED) is 0.668. The Labute approximate surface area is 185 Å². The molecule has 5 aliphatic rings. The van der Waals surface area contributed by atoms with Gasteiger partial charge in [-0.3, -0.25) is 9.59 Å². The fraction of sp³-hybridized carbons (Fsp3) is 0.750. The van der Waals surface area contributed by atoms with E-state index >= 15 is 8.78 Å². The fourth-order valence-electron chi connectivity index (χ4n) is 7.92. The van der Waals surface area contributed by atoms with Crippen LogP contribution in [-0.2, 0) is 19.1 Å². The van der Waals surface area contributed by atoms with Crippen molar-refractivity contribution in [3.8, 4) is 0 Å². The summed E-state index contributed by atoms with van der Waals surface area (Å²) in [5, 5.41) is 21.1. The summed E-state index contributed by atoms with van der Waals surface area (Å²) in [6.45, 7) is 5.87. The molecular formula is C24H30F2O6. The lowest BCUT2D eigenvalue weighted by Crippen LogP contribution is -2.71. The largest absolute Gasteiger partial charge is 0.390 e. The lowest BCUT2D eigenvalue weighted by atomic mass is 9.44. The van der Waals surface area contributed by atoms with E-state index < -0.39 is 76.3 Å². The highest BCUT2D eigenvalue weighted by Crippen LogP contribution is 2.72. The second-order valence-corrected chi connectivity index (χ2v) is 11.0. The molecule has 0 radical (unpaired) electrons. The monoisotopic (exact) mass is 452 g/mol. The summed E-state index contributed by atoms with van der Waals surface area (Å²) in [6, 6.07) is 0.